The first-order valence-corrected chi connectivity index (χ1v) is 5.26. The molecular weight excluding hydrogens is 261 g/mol. The number of ether oxygens (including phenoxy) is 1. The van der Waals surface area contributed by atoms with Gasteiger partial charge in [0.1, 0.15) is 11.6 Å². The fourth-order valence-electron chi connectivity index (χ4n) is 1.29. The highest BCUT2D eigenvalue weighted by Gasteiger charge is 2.11. The highest BCUT2D eigenvalue weighted by molar-refractivity contribution is 6.33. The number of pyridine rings is 1. The van der Waals surface area contributed by atoms with Crippen molar-refractivity contribution in [3.05, 3.63) is 52.9 Å². The SMILES string of the molecule is O=C(O)c1cc(Oc2cccc(F)c2)ncc1Cl. The molecule has 6 heteroatoms. The third-order valence-electron chi connectivity index (χ3n) is 2.08. The van der Waals surface area contributed by atoms with Gasteiger partial charge in [0.15, 0.2) is 0 Å². The Hall–Kier alpha value is -2.14. The topological polar surface area (TPSA) is 59.4 Å². The summed E-state index contributed by atoms with van der Waals surface area (Å²) < 4.78 is 18.2. The maximum Gasteiger partial charge on any atom is 0.337 e. The van der Waals surface area contributed by atoms with E-state index in [2.05, 4.69) is 4.98 Å². The fraction of sp³-hybridized carbons (Fsp3) is 0. The van der Waals surface area contributed by atoms with Gasteiger partial charge in [0.2, 0.25) is 5.88 Å². The van der Waals surface area contributed by atoms with Gasteiger partial charge < -0.3 is 9.84 Å². The van der Waals surface area contributed by atoms with E-state index in [1.807, 2.05) is 0 Å². The number of carbonyl (C=O) groups is 1. The third kappa shape index (κ3) is 2.75. The molecule has 1 aromatic carbocycles. The van der Waals surface area contributed by atoms with Gasteiger partial charge in [0, 0.05) is 12.1 Å². The molecule has 1 aromatic heterocycles. The van der Waals surface area contributed by atoms with Gasteiger partial charge in [-0.3, -0.25) is 0 Å². The number of benzene rings is 1. The summed E-state index contributed by atoms with van der Waals surface area (Å²) in [6.45, 7) is 0. The van der Waals surface area contributed by atoms with Crippen molar-refractivity contribution in [1.82, 2.24) is 4.98 Å². The van der Waals surface area contributed by atoms with Crippen molar-refractivity contribution in [2.45, 2.75) is 0 Å². The Kier molecular flexibility index (Phi) is 3.43. The van der Waals surface area contributed by atoms with Gasteiger partial charge in [-0.15, -0.1) is 0 Å². The van der Waals surface area contributed by atoms with E-state index in [0.717, 1.165) is 6.07 Å². The van der Waals surface area contributed by atoms with Crippen molar-refractivity contribution >= 4 is 17.6 Å². The molecule has 0 spiro atoms. The van der Waals surface area contributed by atoms with Crippen LogP contribution >= 0.6 is 11.6 Å². The Morgan fingerprint density at radius 3 is 2.83 bits per heavy atom. The van der Waals surface area contributed by atoms with Crippen LogP contribution in [0.25, 0.3) is 0 Å². The lowest BCUT2D eigenvalue weighted by atomic mass is 10.2. The molecule has 0 aliphatic carbocycles. The summed E-state index contributed by atoms with van der Waals surface area (Å²) in [5.41, 5.74) is -0.127. The zero-order valence-corrected chi connectivity index (χ0v) is 9.69. The van der Waals surface area contributed by atoms with E-state index in [0.29, 0.717) is 0 Å². The molecule has 0 amide bonds. The van der Waals surface area contributed by atoms with Gasteiger partial charge in [-0.25, -0.2) is 14.2 Å². The quantitative estimate of drug-likeness (QED) is 0.926. The number of halogens is 2. The zero-order chi connectivity index (χ0) is 13.1. The molecule has 1 heterocycles. The molecule has 18 heavy (non-hydrogen) atoms. The first-order valence-electron chi connectivity index (χ1n) is 4.88. The Bertz CT molecular complexity index is 604. The Morgan fingerprint density at radius 2 is 2.17 bits per heavy atom. The lowest BCUT2D eigenvalue weighted by Gasteiger charge is -2.06. The van der Waals surface area contributed by atoms with Crippen molar-refractivity contribution in [2.24, 2.45) is 0 Å². The van der Waals surface area contributed by atoms with Crippen LogP contribution in [0.5, 0.6) is 11.6 Å². The lowest BCUT2D eigenvalue weighted by Crippen LogP contribution is -1.99. The number of carboxylic acids is 1. The molecule has 92 valence electrons. The van der Waals surface area contributed by atoms with Gasteiger partial charge in [-0.05, 0) is 12.1 Å². The normalized spacial score (nSPS) is 10.1. The van der Waals surface area contributed by atoms with Crippen molar-refractivity contribution in [3.63, 3.8) is 0 Å². The average molecular weight is 268 g/mol. The largest absolute Gasteiger partial charge is 0.478 e. The molecule has 0 saturated heterocycles. The summed E-state index contributed by atoms with van der Waals surface area (Å²) in [5, 5.41) is 8.88. The Morgan fingerprint density at radius 1 is 1.39 bits per heavy atom. The summed E-state index contributed by atoms with van der Waals surface area (Å²) in [7, 11) is 0. The molecule has 4 nitrogen and oxygen atoms in total. The van der Waals surface area contributed by atoms with E-state index in [1.54, 1.807) is 0 Å². The monoisotopic (exact) mass is 267 g/mol. The molecule has 0 bridgehead atoms. The molecule has 1 N–H and O–H groups in total. The highest BCUT2D eigenvalue weighted by Crippen LogP contribution is 2.24. The maximum absolute atomic E-state index is 12.9. The van der Waals surface area contributed by atoms with Gasteiger partial charge in [-0.2, -0.15) is 0 Å². The van der Waals surface area contributed by atoms with Crippen LogP contribution in [0.4, 0.5) is 4.39 Å². The minimum atomic E-state index is -1.19. The number of nitrogens with zero attached hydrogens (tertiary/aromatic N) is 1. The predicted molar refractivity (Wildman–Crippen MR) is 62.7 cm³/mol. The molecule has 2 rings (SSSR count). The number of aromatic nitrogens is 1. The maximum atomic E-state index is 12.9. The van der Waals surface area contributed by atoms with Crippen molar-refractivity contribution in [2.75, 3.05) is 0 Å². The van der Waals surface area contributed by atoms with Crippen LogP contribution in [-0.4, -0.2) is 16.1 Å². The van der Waals surface area contributed by atoms with E-state index in [9.17, 15) is 9.18 Å². The molecule has 0 radical (unpaired) electrons. The van der Waals surface area contributed by atoms with E-state index in [-0.39, 0.29) is 22.2 Å². The van der Waals surface area contributed by atoms with Crippen LogP contribution in [0, 0.1) is 5.82 Å². The molecule has 0 aliphatic heterocycles. The lowest BCUT2D eigenvalue weighted by molar-refractivity contribution is 0.0696. The Balaban J connectivity index is 2.30. The number of carboxylic acid groups (broad SMARTS) is 1. The van der Waals surface area contributed by atoms with Gasteiger partial charge in [0.05, 0.1) is 16.8 Å². The standard InChI is InChI=1S/C12H7ClFNO3/c13-10-6-15-11(5-9(10)12(16)17)18-8-3-1-2-7(14)4-8/h1-6H,(H,16,17). The minimum absolute atomic E-state index is 0.00842. The van der Waals surface area contributed by atoms with Gasteiger partial charge >= 0.3 is 5.97 Å². The first kappa shape index (κ1) is 12.3. The molecule has 0 aliphatic rings. The van der Waals surface area contributed by atoms with E-state index in [1.165, 1.54) is 30.5 Å². The molecule has 0 unspecified atom stereocenters. The van der Waals surface area contributed by atoms with Crippen LogP contribution in [0.3, 0.4) is 0 Å². The van der Waals surface area contributed by atoms with Crippen LogP contribution in [0.2, 0.25) is 5.02 Å². The van der Waals surface area contributed by atoms with Gasteiger partial charge in [-0.1, -0.05) is 17.7 Å². The molecule has 0 fully saturated rings. The Labute approximate surface area is 107 Å². The second kappa shape index (κ2) is 5.01. The van der Waals surface area contributed by atoms with Crippen molar-refractivity contribution < 1.29 is 19.0 Å². The molecular formula is C12H7ClFNO3. The first-order chi connectivity index (χ1) is 8.56. The zero-order valence-electron chi connectivity index (χ0n) is 8.93. The van der Waals surface area contributed by atoms with Gasteiger partial charge in [0.25, 0.3) is 0 Å². The van der Waals surface area contributed by atoms with E-state index >= 15 is 0 Å². The van der Waals surface area contributed by atoms with Crippen molar-refractivity contribution in [3.8, 4) is 11.6 Å². The molecule has 0 saturated carbocycles. The summed E-state index contributed by atoms with van der Waals surface area (Å²) in [5.74, 6) is -1.39. The van der Waals surface area contributed by atoms with E-state index < -0.39 is 11.8 Å². The second-order valence-corrected chi connectivity index (χ2v) is 3.77. The number of aromatic carboxylic acids is 1. The number of rotatable bonds is 3. The smallest absolute Gasteiger partial charge is 0.337 e. The summed E-state index contributed by atoms with van der Waals surface area (Å²) >= 11 is 5.66. The van der Waals surface area contributed by atoms with Crippen LogP contribution < -0.4 is 4.74 Å². The average Bonchev–Trinajstić information content (AvgIpc) is 2.31. The van der Waals surface area contributed by atoms with Crippen molar-refractivity contribution in [1.29, 1.82) is 0 Å². The number of hydrogen-bond donors (Lipinski definition) is 1. The fourth-order valence-corrected chi connectivity index (χ4v) is 1.47. The predicted octanol–water partition coefficient (Wildman–Crippen LogP) is 3.36. The molecule has 0 atom stereocenters. The van der Waals surface area contributed by atoms with Crippen LogP contribution in [0.15, 0.2) is 36.5 Å². The second-order valence-electron chi connectivity index (χ2n) is 3.37. The summed E-state index contributed by atoms with van der Waals surface area (Å²) in [6, 6.07) is 6.61. The third-order valence-corrected chi connectivity index (χ3v) is 2.38. The van der Waals surface area contributed by atoms with Crippen LogP contribution in [0.1, 0.15) is 10.4 Å². The molecule has 2 aromatic rings. The number of hydrogen-bond acceptors (Lipinski definition) is 3. The summed E-state index contributed by atoms with van der Waals surface area (Å²) in [6.07, 6.45) is 1.17. The summed E-state index contributed by atoms with van der Waals surface area (Å²) in [4.78, 5) is 14.7. The minimum Gasteiger partial charge on any atom is -0.478 e. The van der Waals surface area contributed by atoms with Crippen LogP contribution in [-0.2, 0) is 0 Å². The van der Waals surface area contributed by atoms with E-state index in [4.69, 9.17) is 21.4 Å². The highest BCUT2D eigenvalue weighted by atomic mass is 35.5.